The molecule has 3 aromatic rings. The average Bonchev–Trinajstić information content (AvgIpc) is 3.52. The molecule has 7 nitrogen and oxygen atoms in total. The fourth-order valence-electron chi connectivity index (χ4n) is 5.44. The Morgan fingerprint density at radius 1 is 1.06 bits per heavy atom. The number of aromatic hydroxyl groups is 1. The van der Waals surface area contributed by atoms with Gasteiger partial charge in [0.2, 0.25) is 0 Å². The Bertz CT molecular complexity index is 1410. The molecule has 3 heterocycles. The first-order valence-corrected chi connectivity index (χ1v) is 12.0. The van der Waals surface area contributed by atoms with Crippen molar-refractivity contribution >= 4 is 5.71 Å². The van der Waals surface area contributed by atoms with Gasteiger partial charge in [-0.1, -0.05) is 24.8 Å². The number of rotatable bonds is 5. The summed E-state index contributed by atoms with van der Waals surface area (Å²) in [4.78, 5) is 0. The summed E-state index contributed by atoms with van der Waals surface area (Å²) in [6, 6.07) is 15.3. The van der Waals surface area contributed by atoms with E-state index >= 15 is 0 Å². The van der Waals surface area contributed by atoms with Gasteiger partial charge < -0.3 is 29.5 Å². The van der Waals surface area contributed by atoms with Crippen molar-refractivity contribution in [1.29, 1.82) is 0 Å². The fourth-order valence-corrected chi connectivity index (χ4v) is 5.44. The second kappa shape index (κ2) is 8.52. The van der Waals surface area contributed by atoms with E-state index in [0.717, 1.165) is 50.6 Å². The van der Waals surface area contributed by atoms with Crippen LogP contribution in [0.15, 0.2) is 65.8 Å². The van der Waals surface area contributed by atoms with Crippen LogP contribution in [0.4, 0.5) is 0 Å². The molecule has 184 valence electrons. The molecular formula is C29H28N2O5. The summed E-state index contributed by atoms with van der Waals surface area (Å²) in [5.41, 5.74) is 9.80. The van der Waals surface area contributed by atoms with Crippen LogP contribution in [-0.4, -0.2) is 43.8 Å². The summed E-state index contributed by atoms with van der Waals surface area (Å²) in [5.74, 6) is 2.96. The third-order valence-corrected chi connectivity index (χ3v) is 7.24. The van der Waals surface area contributed by atoms with E-state index in [1.165, 1.54) is 0 Å². The molecule has 0 saturated carbocycles. The molecule has 0 aromatic heterocycles. The molecule has 0 bridgehead atoms. The molecule has 3 atom stereocenters. The van der Waals surface area contributed by atoms with Gasteiger partial charge in [0.25, 0.3) is 0 Å². The van der Waals surface area contributed by atoms with Crippen molar-refractivity contribution < 1.29 is 24.1 Å². The number of benzene rings is 3. The lowest BCUT2D eigenvalue weighted by Crippen LogP contribution is -2.37. The van der Waals surface area contributed by atoms with Crippen LogP contribution in [-0.2, 0) is 6.42 Å². The number of para-hydroxylation sites is 1. The van der Waals surface area contributed by atoms with E-state index in [-0.39, 0.29) is 23.8 Å². The summed E-state index contributed by atoms with van der Waals surface area (Å²) in [6.07, 6.45) is 0.582. The van der Waals surface area contributed by atoms with Crippen molar-refractivity contribution in [2.45, 2.75) is 31.4 Å². The zero-order chi connectivity index (χ0) is 25.0. The minimum Gasteiger partial charge on any atom is -0.507 e. The Morgan fingerprint density at radius 3 is 2.58 bits per heavy atom. The molecule has 0 radical (unpaired) electrons. The topological polar surface area (TPSA) is 81.5 Å². The summed E-state index contributed by atoms with van der Waals surface area (Å²) in [7, 11) is 3.24. The number of phenolic OH excluding ortho intramolecular Hbond substituents is 1. The largest absolute Gasteiger partial charge is 0.507 e. The zero-order valence-corrected chi connectivity index (χ0v) is 20.5. The third kappa shape index (κ3) is 3.38. The normalized spacial score (nSPS) is 21.2. The molecule has 3 aliphatic rings. The first-order valence-electron chi connectivity index (χ1n) is 12.0. The highest BCUT2D eigenvalue weighted by atomic mass is 16.5. The molecule has 6 rings (SSSR count). The number of hydrogen-bond acceptors (Lipinski definition) is 7. The minimum atomic E-state index is -0.100. The number of ether oxygens (including phenoxy) is 4. The summed E-state index contributed by atoms with van der Waals surface area (Å²) in [5, 5.41) is 15.7. The molecule has 7 heteroatoms. The Labute approximate surface area is 210 Å². The van der Waals surface area contributed by atoms with Gasteiger partial charge in [-0.3, -0.25) is 0 Å². The zero-order valence-electron chi connectivity index (χ0n) is 20.5. The second-order valence-electron chi connectivity index (χ2n) is 9.41. The van der Waals surface area contributed by atoms with Crippen LogP contribution in [0.25, 0.3) is 11.1 Å². The number of hydrazone groups is 1. The standard InChI is InChI=1S/C29H28N2O5/c1-15(2)23-11-18-22(36-23)10-9-17(27(18)16-7-5-6-8-21(16)32)29-28-19-12-25(33-3)26(34-4)13-24(19)35-14-20(28)30-31-29/h5-10,12-13,20,23,28,30,32H,1,11,14H2,2-4H3/t20?,23-,28?/m1/s1. The Hall–Kier alpha value is -4.13. The van der Waals surface area contributed by atoms with Crippen LogP contribution >= 0.6 is 0 Å². The molecule has 2 unspecified atom stereocenters. The van der Waals surface area contributed by atoms with Gasteiger partial charge in [-0.05, 0) is 36.8 Å². The fraction of sp³-hybridized carbons (Fsp3) is 0.276. The predicted octanol–water partition coefficient (Wildman–Crippen LogP) is 4.81. The Kier molecular flexibility index (Phi) is 5.29. The van der Waals surface area contributed by atoms with Crippen LogP contribution < -0.4 is 24.4 Å². The molecule has 3 aliphatic heterocycles. The van der Waals surface area contributed by atoms with Crippen molar-refractivity contribution in [3.63, 3.8) is 0 Å². The second-order valence-corrected chi connectivity index (χ2v) is 9.41. The molecule has 0 fully saturated rings. The number of hydrogen-bond donors (Lipinski definition) is 2. The number of nitrogens with one attached hydrogen (secondary N) is 1. The van der Waals surface area contributed by atoms with Gasteiger partial charge in [0.15, 0.2) is 11.5 Å². The minimum absolute atomic E-state index is 0.0320. The highest BCUT2D eigenvalue weighted by Crippen LogP contribution is 2.48. The molecule has 36 heavy (non-hydrogen) atoms. The van der Waals surface area contributed by atoms with Crippen LogP contribution in [0.5, 0.6) is 28.7 Å². The van der Waals surface area contributed by atoms with Gasteiger partial charge in [-0.15, -0.1) is 0 Å². The van der Waals surface area contributed by atoms with Crippen molar-refractivity contribution in [3.8, 4) is 39.9 Å². The summed E-state index contributed by atoms with van der Waals surface area (Å²) < 4.78 is 23.4. The van der Waals surface area contributed by atoms with Crippen molar-refractivity contribution in [1.82, 2.24) is 5.43 Å². The van der Waals surface area contributed by atoms with E-state index in [1.807, 2.05) is 49.4 Å². The lowest BCUT2D eigenvalue weighted by atomic mass is 9.80. The number of methoxy groups -OCH3 is 2. The van der Waals surface area contributed by atoms with E-state index in [0.29, 0.717) is 24.5 Å². The van der Waals surface area contributed by atoms with Crippen molar-refractivity contribution in [3.05, 3.63) is 77.4 Å². The van der Waals surface area contributed by atoms with Crippen LogP contribution in [0, 0.1) is 0 Å². The van der Waals surface area contributed by atoms with E-state index in [4.69, 9.17) is 24.0 Å². The molecule has 0 amide bonds. The average molecular weight is 485 g/mol. The maximum absolute atomic E-state index is 10.9. The van der Waals surface area contributed by atoms with Crippen molar-refractivity contribution in [2.24, 2.45) is 5.10 Å². The quantitative estimate of drug-likeness (QED) is 0.506. The Balaban J connectivity index is 1.53. The van der Waals surface area contributed by atoms with E-state index in [1.54, 1.807) is 20.3 Å². The molecule has 0 spiro atoms. The number of fused-ring (bicyclic) bond motifs is 4. The molecular weight excluding hydrogens is 456 g/mol. The van der Waals surface area contributed by atoms with Gasteiger partial charge in [-0.25, -0.2) is 0 Å². The van der Waals surface area contributed by atoms with Gasteiger partial charge in [-0.2, -0.15) is 5.10 Å². The number of phenols is 1. The van der Waals surface area contributed by atoms with Crippen LogP contribution in [0.3, 0.4) is 0 Å². The molecule has 0 saturated heterocycles. The van der Waals surface area contributed by atoms with E-state index < -0.39 is 0 Å². The summed E-state index contributed by atoms with van der Waals surface area (Å²) in [6.45, 7) is 6.55. The lowest BCUT2D eigenvalue weighted by molar-refractivity contribution is 0.239. The highest BCUT2D eigenvalue weighted by molar-refractivity contribution is 6.12. The summed E-state index contributed by atoms with van der Waals surface area (Å²) >= 11 is 0. The maximum Gasteiger partial charge on any atom is 0.164 e. The lowest BCUT2D eigenvalue weighted by Gasteiger charge is -2.30. The maximum atomic E-state index is 10.9. The Morgan fingerprint density at radius 2 is 1.83 bits per heavy atom. The monoisotopic (exact) mass is 484 g/mol. The van der Waals surface area contributed by atoms with Gasteiger partial charge in [0.1, 0.15) is 30.0 Å². The molecule has 2 N–H and O–H groups in total. The molecule has 3 aromatic carbocycles. The first kappa shape index (κ1) is 22.3. The van der Waals surface area contributed by atoms with E-state index in [2.05, 4.69) is 12.0 Å². The van der Waals surface area contributed by atoms with Gasteiger partial charge in [0, 0.05) is 40.3 Å². The third-order valence-electron chi connectivity index (χ3n) is 7.24. The SMILES string of the molecule is C=C(C)[C@H]1Cc2c(ccc(C3=NNC4COc5cc(OC)c(OC)cc5C34)c2-c2ccccc2O)O1. The predicted molar refractivity (Wildman–Crippen MR) is 138 cm³/mol. The van der Waals surface area contributed by atoms with Crippen LogP contribution in [0.1, 0.15) is 29.5 Å². The van der Waals surface area contributed by atoms with Crippen LogP contribution in [0.2, 0.25) is 0 Å². The van der Waals surface area contributed by atoms with Gasteiger partial charge in [0.05, 0.1) is 31.9 Å². The van der Waals surface area contributed by atoms with Crippen molar-refractivity contribution in [2.75, 3.05) is 20.8 Å². The highest BCUT2D eigenvalue weighted by Gasteiger charge is 2.42. The van der Waals surface area contributed by atoms with Gasteiger partial charge >= 0.3 is 0 Å². The molecule has 0 aliphatic carbocycles. The first-order chi connectivity index (χ1) is 17.5. The smallest absolute Gasteiger partial charge is 0.164 e. The van der Waals surface area contributed by atoms with E-state index in [9.17, 15) is 5.11 Å². The number of nitrogens with zero attached hydrogens (tertiary/aromatic N) is 1.